The van der Waals surface area contributed by atoms with E-state index in [1.807, 2.05) is 0 Å². The molecule has 0 aliphatic carbocycles. The van der Waals surface area contributed by atoms with Gasteiger partial charge in [0.15, 0.2) is 0 Å². The maximum Gasteiger partial charge on any atom is 0.244 e. The predicted molar refractivity (Wildman–Crippen MR) is 176 cm³/mol. The van der Waals surface area contributed by atoms with Gasteiger partial charge >= 0.3 is 0 Å². The lowest BCUT2D eigenvalue weighted by atomic mass is 9.95. The van der Waals surface area contributed by atoms with Crippen LogP contribution in [0.2, 0.25) is 0 Å². The fourth-order valence-corrected chi connectivity index (χ4v) is 6.84. The van der Waals surface area contributed by atoms with Crippen molar-refractivity contribution in [1.82, 2.24) is 0 Å². The summed E-state index contributed by atoms with van der Waals surface area (Å²) in [5.41, 5.74) is -2.47. The van der Waals surface area contributed by atoms with E-state index < -0.39 is 5.69 Å². The molecule has 0 spiro atoms. The first kappa shape index (κ1) is 37.9. The molecule has 0 aromatic rings. The smallest absolute Gasteiger partial charge is 0.244 e. The van der Waals surface area contributed by atoms with E-state index in [0.29, 0.717) is 11.8 Å². The van der Waals surface area contributed by atoms with Gasteiger partial charge < -0.3 is 9.05 Å². The van der Waals surface area contributed by atoms with Crippen LogP contribution in [0.5, 0.6) is 0 Å². The first-order valence-corrected chi connectivity index (χ1v) is 20.4. The SMILES string of the molecule is CCCCCCCCC(CCCCCC)COP(=S)(S)OCC(CCCCCC)CCCCCCCC. The summed E-state index contributed by atoms with van der Waals surface area (Å²) in [6.07, 6.45) is 31.9. The number of hydrogen-bond acceptors (Lipinski definition) is 3. The zero-order valence-electron chi connectivity index (χ0n) is 25.7. The van der Waals surface area contributed by atoms with E-state index in [1.54, 1.807) is 0 Å². The molecule has 0 radical (unpaired) electrons. The first-order valence-electron chi connectivity index (χ1n) is 16.6. The molecule has 224 valence electrons. The van der Waals surface area contributed by atoms with Crippen molar-refractivity contribution in [3.63, 3.8) is 0 Å². The molecule has 0 heterocycles. The molecule has 2 unspecified atom stereocenters. The van der Waals surface area contributed by atoms with E-state index in [2.05, 4.69) is 27.7 Å². The van der Waals surface area contributed by atoms with Crippen molar-refractivity contribution in [3.8, 4) is 0 Å². The van der Waals surface area contributed by atoms with Crippen LogP contribution in [0.4, 0.5) is 0 Å². The molecule has 37 heavy (non-hydrogen) atoms. The van der Waals surface area contributed by atoms with Crippen LogP contribution in [0.3, 0.4) is 0 Å². The third-order valence-corrected chi connectivity index (χ3v) is 10.1. The summed E-state index contributed by atoms with van der Waals surface area (Å²) < 4.78 is 12.6. The minimum absolute atomic E-state index is 0.606. The highest BCUT2D eigenvalue weighted by molar-refractivity contribution is 8.60. The Morgan fingerprint density at radius 3 is 1.00 bits per heavy atom. The lowest BCUT2D eigenvalue weighted by molar-refractivity contribution is 0.182. The monoisotopic (exact) mass is 578 g/mol. The molecule has 0 aromatic heterocycles. The zero-order valence-corrected chi connectivity index (χ0v) is 28.3. The number of thiol groups is 1. The average Bonchev–Trinajstić information content (AvgIpc) is 2.89. The molecular formula is C32H67O2PS2. The number of rotatable bonds is 30. The maximum absolute atomic E-state index is 6.28. The molecule has 0 aliphatic heterocycles. The van der Waals surface area contributed by atoms with Gasteiger partial charge in [0.05, 0.1) is 13.2 Å². The second-order valence-electron chi connectivity index (χ2n) is 11.6. The minimum Gasteiger partial charge on any atom is -0.322 e. The second-order valence-corrected chi connectivity index (χ2v) is 16.9. The van der Waals surface area contributed by atoms with Crippen LogP contribution in [0, 0.1) is 11.8 Å². The Hall–Kier alpha value is 0.920. The summed E-state index contributed by atoms with van der Waals surface area (Å²) in [4.78, 5) is 0. The first-order chi connectivity index (χ1) is 18.0. The molecule has 0 bridgehead atoms. The van der Waals surface area contributed by atoms with Crippen LogP contribution in [0.25, 0.3) is 0 Å². The molecule has 5 heteroatoms. The second kappa shape index (κ2) is 28.4. The van der Waals surface area contributed by atoms with Crippen molar-refractivity contribution in [3.05, 3.63) is 0 Å². The van der Waals surface area contributed by atoms with Crippen LogP contribution in [-0.2, 0) is 20.9 Å². The van der Waals surface area contributed by atoms with Gasteiger partial charge in [0.2, 0.25) is 5.69 Å². The standard InChI is InChI=1S/C32H67O2PS2/c1-5-9-13-17-19-23-27-31(25-21-15-11-7-3)29-33-35(36,37)34-30-32(26-22-16-12-8-4)28-24-20-18-14-10-6-2/h31-32H,5-30H2,1-4H3,(H,36,37). The summed E-state index contributed by atoms with van der Waals surface area (Å²) in [6.45, 7) is 10.6. The summed E-state index contributed by atoms with van der Waals surface area (Å²) in [5.74, 6) is 1.21. The van der Waals surface area contributed by atoms with Gasteiger partial charge in [-0.15, -0.1) is 0 Å². The molecule has 0 saturated heterocycles. The molecular weight excluding hydrogens is 511 g/mol. The van der Waals surface area contributed by atoms with Gasteiger partial charge in [0, 0.05) is 0 Å². The van der Waals surface area contributed by atoms with Gasteiger partial charge in [-0.1, -0.05) is 168 Å². The van der Waals surface area contributed by atoms with Crippen molar-refractivity contribution in [1.29, 1.82) is 0 Å². The topological polar surface area (TPSA) is 18.5 Å². The fraction of sp³-hybridized carbons (Fsp3) is 1.00. The van der Waals surface area contributed by atoms with Gasteiger partial charge in [-0.3, -0.25) is 0 Å². The minimum atomic E-state index is -2.47. The molecule has 0 aliphatic rings. The predicted octanol–water partition coefficient (Wildman–Crippen LogP) is 12.8. The van der Waals surface area contributed by atoms with Gasteiger partial charge in [-0.2, -0.15) is 0 Å². The highest BCUT2D eigenvalue weighted by Gasteiger charge is 2.20. The Balaban J connectivity index is 4.57. The van der Waals surface area contributed by atoms with Crippen LogP contribution >= 0.6 is 17.9 Å². The van der Waals surface area contributed by atoms with E-state index in [1.165, 1.54) is 154 Å². The molecule has 2 nitrogen and oxygen atoms in total. The van der Waals surface area contributed by atoms with Gasteiger partial charge in [-0.25, -0.2) is 0 Å². The Kier molecular flexibility index (Phi) is 29.2. The Labute approximate surface area is 244 Å². The quantitative estimate of drug-likeness (QED) is 0.0519. The van der Waals surface area contributed by atoms with Crippen LogP contribution in [-0.4, -0.2) is 13.2 Å². The lowest BCUT2D eigenvalue weighted by Gasteiger charge is -2.24. The van der Waals surface area contributed by atoms with Crippen molar-refractivity contribution in [2.24, 2.45) is 11.8 Å². The molecule has 0 amide bonds. The Morgan fingerprint density at radius 1 is 0.459 bits per heavy atom. The average molecular weight is 579 g/mol. The van der Waals surface area contributed by atoms with Gasteiger partial charge in [0.1, 0.15) is 0 Å². The Morgan fingerprint density at radius 2 is 0.703 bits per heavy atom. The molecule has 2 atom stereocenters. The fourth-order valence-electron chi connectivity index (χ4n) is 5.20. The molecule has 0 aromatic carbocycles. The Bertz CT molecular complexity index is 463. The normalized spacial score (nSPS) is 15.1. The molecule has 0 saturated carbocycles. The van der Waals surface area contributed by atoms with Gasteiger partial charge in [-0.05, 0) is 49.3 Å². The molecule has 0 rings (SSSR count). The summed E-state index contributed by atoms with van der Waals surface area (Å²) in [5, 5.41) is 0. The zero-order chi connectivity index (χ0) is 27.5. The largest absolute Gasteiger partial charge is 0.322 e. The number of hydrogen-bond donors (Lipinski definition) is 1. The van der Waals surface area contributed by atoms with Crippen LogP contribution in [0.1, 0.15) is 182 Å². The summed E-state index contributed by atoms with van der Waals surface area (Å²) >= 11 is 10.5. The van der Waals surface area contributed by atoms with E-state index in [4.69, 9.17) is 33.1 Å². The lowest BCUT2D eigenvalue weighted by Crippen LogP contribution is -2.12. The van der Waals surface area contributed by atoms with E-state index in [9.17, 15) is 0 Å². The van der Waals surface area contributed by atoms with E-state index in [0.717, 1.165) is 13.2 Å². The molecule has 0 fully saturated rings. The third-order valence-electron chi connectivity index (χ3n) is 7.81. The van der Waals surface area contributed by atoms with E-state index in [-0.39, 0.29) is 0 Å². The van der Waals surface area contributed by atoms with Crippen molar-refractivity contribution >= 4 is 29.7 Å². The summed E-state index contributed by atoms with van der Waals surface area (Å²) in [7, 11) is 0. The van der Waals surface area contributed by atoms with Gasteiger partial charge in [0.25, 0.3) is 0 Å². The summed E-state index contributed by atoms with van der Waals surface area (Å²) in [6, 6.07) is 0. The van der Waals surface area contributed by atoms with Crippen molar-refractivity contribution in [2.75, 3.05) is 13.2 Å². The van der Waals surface area contributed by atoms with Crippen LogP contribution in [0.15, 0.2) is 0 Å². The van der Waals surface area contributed by atoms with Crippen molar-refractivity contribution in [2.45, 2.75) is 182 Å². The maximum atomic E-state index is 6.28. The van der Waals surface area contributed by atoms with E-state index >= 15 is 0 Å². The van der Waals surface area contributed by atoms with Crippen LogP contribution < -0.4 is 0 Å². The highest BCUT2D eigenvalue weighted by atomic mass is 32.9. The third kappa shape index (κ3) is 26.9. The molecule has 0 N–H and O–H groups in total. The highest BCUT2D eigenvalue weighted by Crippen LogP contribution is 2.54. The number of unbranched alkanes of at least 4 members (excludes halogenated alkanes) is 16. The van der Waals surface area contributed by atoms with Crippen molar-refractivity contribution < 1.29 is 9.05 Å².